The second-order valence-corrected chi connectivity index (χ2v) is 5.99. The van der Waals surface area contributed by atoms with Crippen LogP contribution in [0.3, 0.4) is 0 Å². The van der Waals surface area contributed by atoms with Gasteiger partial charge in [-0.1, -0.05) is 0 Å². The maximum atomic E-state index is 12.5. The highest BCUT2D eigenvalue weighted by Crippen LogP contribution is 2.31. The van der Waals surface area contributed by atoms with E-state index in [1.54, 1.807) is 4.90 Å². The first-order valence-electron chi connectivity index (χ1n) is 6.98. The molecule has 0 bridgehead atoms. The maximum Gasteiger partial charge on any atom is 0.325 e. The van der Waals surface area contributed by atoms with Crippen molar-refractivity contribution in [2.45, 2.75) is 44.3 Å². The standard InChI is InChI=1S/C13H19N3O4/c1-8(2)15-6-9(5-10(15)17)16-11(18)13(14-12(16)19)3-4-20-7-13/h8-9H,3-7H2,1-2H3,(H,14,19). The van der Waals surface area contributed by atoms with Crippen molar-refractivity contribution in [3.05, 3.63) is 0 Å². The summed E-state index contributed by atoms with van der Waals surface area (Å²) < 4.78 is 5.25. The molecule has 0 aliphatic carbocycles. The highest BCUT2D eigenvalue weighted by molar-refractivity contribution is 6.08. The first-order chi connectivity index (χ1) is 9.44. The van der Waals surface area contributed by atoms with E-state index in [2.05, 4.69) is 5.32 Å². The molecule has 3 fully saturated rings. The van der Waals surface area contributed by atoms with Crippen LogP contribution < -0.4 is 5.32 Å². The Morgan fingerprint density at radius 2 is 2.10 bits per heavy atom. The topological polar surface area (TPSA) is 79.0 Å². The molecule has 2 atom stereocenters. The molecule has 3 saturated heterocycles. The third kappa shape index (κ3) is 1.80. The zero-order valence-corrected chi connectivity index (χ0v) is 11.7. The van der Waals surface area contributed by atoms with Gasteiger partial charge >= 0.3 is 6.03 Å². The van der Waals surface area contributed by atoms with Crippen molar-refractivity contribution >= 4 is 17.8 Å². The first kappa shape index (κ1) is 13.4. The summed E-state index contributed by atoms with van der Waals surface area (Å²) in [6.07, 6.45) is 0.719. The number of amides is 4. The van der Waals surface area contributed by atoms with Gasteiger partial charge in [0.2, 0.25) is 5.91 Å². The molecule has 0 radical (unpaired) electrons. The van der Waals surface area contributed by atoms with E-state index in [4.69, 9.17) is 4.74 Å². The lowest BCUT2D eigenvalue weighted by atomic mass is 9.98. The summed E-state index contributed by atoms with van der Waals surface area (Å²) in [4.78, 5) is 39.5. The summed E-state index contributed by atoms with van der Waals surface area (Å²) in [6, 6.07) is -0.682. The molecule has 7 heteroatoms. The zero-order valence-electron chi connectivity index (χ0n) is 11.7. The smallest absolute Gasteiger partial charge is 0.325 e. The van der Waals surface area contributed by atoms with Gasteiger partial charge in [-0.05, 0) is 13.8 Å². The van der Waals surface area contributed by atoms with Crippen LogP contribution in [0.1, 0.15) is 26.7 Å². The molecule has 20 heavy (non-hydrogen) atoms. The van der Waals surface area contributed by atoms with Gasteiger partial charge in [-0.2, -0.15) is 0 Å². The van der Waals surface area contributed by atoms with Crippen LogP contribution in [0.25, 0.3) is 0 Å². The molecule has 2 unspecified atom stereocenters. The fourth-order valence-electron chi connectivity index (χ4n) is 3.19. The third-order valence-corrected chi connectivity index (χ3v) is 4.34. The van der Waals surface area contributed by atoms with E-state index in [0.717, 1.165) is 0 Å². The minimum Gasteiger partial charge on any atom is -0.378 e. The average molecular weight is 281 g/mol. The molecule has 0 aromatic heterocycles. The largest absolute Gasteiger partial charge is 0.378 e. The SMILES string of the molecule is CC(C)N1CC(N2C(=O)NC3(CCOC3)C2=O)CC1=O. The molecule has 0 saturated carbocycles. The van der Waals surface area contributed by atoms with Gasteiger partial charge in [0.15, 0.2) is 0 Å². The van der Waals surface area contributed by atoms with Crippen molar-refractivity contribution in [1.82, 2.24) is 15.1 Å². The third-order valence-electron chi connectivity index (χ3n) is 4.34. The maximum absolute atomic E-state index is 12.5. The minimum absolute atomic E-state index is 0.00535. The molecular formula is C13H19N3O4. The number of ether oxygens (including phenoxy) is 1. The van der Waals surface area contributed by atoms with Crippen LogP contribution in [-0.4, -0.2) is 65.0 Å². The highest BCUT2D eigenvalue weighted by Gasteiger charge is 2.56. The molecule has 3 rings (SSSR count). The number of hydrogen-bond acceptors (Lipinski definition) is 4. The van der Waals surface area contributed by atoms with Crippen molar-refractivity contribution in [1.29, 1.82) is 0 Å². The van der Waals surface area contributed by atoms with Gasteiger partial charge < -0.3 is 15.0 Å². The van der Waals surface area contributed by atoms with Gasteiger partial charge in [-0.3, -0.25) is 14.5 Å². The van der Waals surface area contributed by atoms with Crippen LogP contribution in [0.4, 0.5) is 4.79 Å². The van der Waals surface area contributed by atoms with Crippen molar-refractivity contribution in [2.75, 3.05) is 19.8 Å². The van der Waals surface area contributed by atoms with E-state index in [9.17, 15) is 14.4 Å². The number of urea groups is 1. The molecular weight excluding hydrogens is 262 g/mol. The Morgan fingerprint density at radius 3 is 2.65 bits per heavy atom. The number of rotatable bonds is 2. The predicted octanol–water partition coefficient (Wildman–Crippen LogP) is -0.293. The van der Waals surface area contributed by atoms with Gasteiger partial charge in [-0.25, -0.2) is 4.79 Å². The highest BCUT2D eigenvalue weighted by atomic mass is 16.5. The molecule has 7 nitrogen and oxygen atoms in total. The Hall–Kier alpha value is -1.63. The Kier molecular flexibility index (Phi) is 2.97. The van der Waals surface area contributed by atoms with Crippen LogP contribution in [0.5, 0.6) is 0 Å². The number of imide groups is 1. The van der Waals surface area contributed by atoms with Crippen LogP contribution in [-0.2, 0) is 14.3 Å². The number of nitrogens with one attached hydrogen (secondary N) is 1. The summed E-state index contributed by atoms with van der Waals surface area (Å²) in [5.41, 5.74) is -0.897. The molecule has 1 spiro atoms. The van der Waals surface area contributed by atoms with Gasteiger partial charge in [0, 0.05) is 32.0 Å². The van der Waals surface area contributed by atoms with E-state index in [1.807, 2.05) is 13.8 Å². The minimum atomic E-state index is -0.897. The van der Waals surface area contributed by atoms with Gasteiger partial charge in [0.1, 0.15) is 5.54 Å². The Bertz CT molecular complexity index is 470. The Balaban J connectivity index is 1.80. The van der Waals surface area contributed by atoms with E-state index >= 15 is 0 Å². The Morgan fingerprint density at radius 1 is 1.35 bits per heavy atom. The van der Waals surface area contributed by atoms with E-state index in [1.165, 1.54) is 4.90 Å². The number of hydrogen-bond donors (Lipinski definition) is 1. The summed E-state index contributed by atoms with van der Waals surface area (Å²) in [5, 5.41) is 2.75. The number of carbonyl (C=O) groups is 3. The summed E-state index contributed by atoms with van der Waals surface area (Å²) in [6.45, 7) is 4.98. The van der Waals surface area contributed by atoms with Crippen LogP contribution >= 0.6 is 0 Å². The molecule has 0 aromatic rings. The van der Waals surface area contributed by atoms with Crippen molar-refractivity contribution in [3.63, 3.8) is 0 Å². The van der Waals surface area contributed by atoms with E-state index in [-0.39, 0.29) is 36.9 Å². The molecule has 3 aliphatic heterocycles. The van der Waals surface area contributed by atoms with Crippen LogP contribution in [0, 0.1) is 0 Å². The monoisotopic (exact) mass is 281 g/mol. The van der Waals surface area contributed by atoms with E-state index < -0.39 is 11.6 Å². The van der Waals surface area contributed by atoms with Crippen LogP contribution in [0.2, 0.25) is 0 Å². The quantitative estimate of drug-likeness (QED) is 0.705. The van der Waals surface area contributed by atoms with Gasteiger partial charge in [-0.15, -0.1) is 0 Å². The fraction of sp³-hybridized carbons (Fsp3) is 0.769. The lowest BCUT2D eigenvalue weighted by Gasteiger charge is -2.24. The summed E-state index contributed by atoms with van der Waals surface area (Å²) in [5.74, 6) is -0.252. The lowest BCUT2D eigenvalue weighted by molar-refractivity contribution is -0.132. The predicted molar refractivity (Wildman–Crippen MR) is 68.8 cm³/mol. The van der Waals surface area contributed by atoms with Crippen molar-refractivity contribution in [2.24, 2.45) is 0 Å². The molecule has 3 aliphatic rings. The molecule has 110 valence electrons. The molecule has 0 aromatic carbocycles. The first-order valence-corrected chi connectivity index (χ1v) is 6.98. The van der Waals surface area contributed by atoms with Gasteiger partial charge in [0.25, 0.3) is 5.91 Å². The zero-order chi connectivity index (χ0) is 14.5. The van der Waals surface area contributed by atoms with Crippen LogP contribution in [0.15, 0.2) is 0 Å². The molecule has 1 N–H and O–H groups in total. The van der Waals surface area contributed by atoms with Gasteiger partial charge in [0.05, 0.1) is 12.6 Å². The summed E-state index contributed by atoms with van der Waals surface area (Å²) in [7, 11) is 0. The molecule has 4 amide bonds. The number of carbonyl (C=O) groups excluding carboxylic acids is 3. The number of nitrogens with zero attached hydrogens (tertiary/aromatic N) is 2. The average Bonchev–Trinajstić information content (AvgIpc) is 3.02. The number of likely N-dealkylation sites (tertiary alicyclic amines) is 1. The second kappa shape index (κ2) is 4.44. The normalized spacial score (nSPS) is 34.0. The molecule has 3 heterocycles. The summed E-state index contributed by atoms with van der Waals surface area (Å²) >= 11 is 0. The fourth-order valence-corrected chi connectivity index (χ4v) is 3.19. The second-order valence-electron chi connectivity index (χ2n) is 5.99. The lowest BCUT2D eigenvalue weighted by Crippen LogP contribution is -2.49. The van der Waals surface area contributed by atoms with Crippen molar-refractivity contribution < 1.29 is 19.1 Å². The Labute approximate surface area is 117 Å². The van der Waals surface area contributed by atoms with E-state index in [0.29, 0.717) is 19.6 Å². The van der Waals surface area contributed by atoms with Crippen molar-refractivity contribution in [3.8, 4) is 0 Å².